The Labute approximate surface area is 119 Å². The average molecular weight is 300 g/mol. The number of hydrogen-bond donors (Lipinski definition) is 1. The summed E-state index contributed by atoms with van der Waals surface area (Å²) in [5.74, 6) is -0.688. The summed E-state index contributed by atoms with van der Waals surface area (Å²) in [7, 11) is -3.12. The van der Waals surface area contributed by atoms with Crippen molar-refractivity contribution in [2.24, 2.45) is 5.92 Å². The predicted molar refractivity (Wildman–Crippen MR) is 76.6 cm³/mol. The van der Waals surface area contributed by atoms with Crippen LogP contribution in [0.15, 0.2) is 24.3 Å². The van der Waals surface area contributed by atoms with E-state index in [4.69, 9.17) is 0 Å². The Hall–Kier alpha value is -0.940. The van der Waals surface area contributed by atoms with E-state index >= 15 is 0 Å². The van der Waals surface area contributed by atoms with E-state index < -0.39 is 26.5 Å². The number of rotatable bonds is 3. The minimum Gasteiger partial charge on any atom is -0.385 e. The van der Waals surface area contributed by atoms with Crippen LogP contribution < -0.4 is 0 Å². The molecule has 1 saturated carbocycles. The monoisotopic (exact) mass is 300 g/mol. The van der Waals surface area contributed by atoms with Gasteiger partial charge in [-0.05, 0) is 38.2 Å². The Morgan fingerprint density at radius 3 is 2.55 bits per heavy atom. The van der Waals surface area contributed by atoms with Crippen LogP contribution in [0.4, 0.5) is 4.39 Å². The Bertz CT molecular complexity index is 581. The van der Waals surface area contributed by atoms with Crippen LogP contribution in [-0.4, -0.2) is 25.0 Å². The Kier molecular flexibility index (Phi) is 4.21. The van der Waals surface area contributed by atoms with E-state index in [1.54, 1.807) is 25.1 Å². The van der Waals surface area contributed by atoms with Crippen molar-refractivity contribution in [1.82, 2.24) is 0 Å². The van der Waals surface area contributed by atoms with Crippen molar-refractivity contribution in [1.29, 1.82) is 0 Å². The van der Waals surface area contributed by atoms with Gasteiger partial charge in [0.1, 0.15) is 15.7 Å². The highest BCUT2D eigenvalue weighted by Crippen LogP contribution is 2.41. The van der Waals surface area contributed by atoms with Crippen molar-refractivity contribution in [2.45, 2.75) is 43.5 Å². The van der Waals surface area contributed by atoms with Crippen molar-refractivity contribution in [2.75, 3.05) is 6.26 Å². The van der Waals surface area contributed by atoms with Crippen LogP contribution in [0, 0.1) is 11.7 Å². The topological polar surface area (TPSA) is 54.4 Å². The number of hydrogen-bond acceptors (Lipinski definition) is 3. The maximum atomic E-state index is 13.9. The van der Waals surface area contributed by atoms with Gasteiger partial charge in [0.25, 0.3) is 0 Å². The minimum atomic E-state index is -3.12. The maximum Gasteiger partial charge on any atom is 0.150 e. The lowest BCUT2D eigenvalue weighted by molar-refractivity contribution is -0.0236. The van der Waals surface area contributed by atoms with E-state index in [0.29, 0.717) is 19.3 Å². The van der Waals surface area contributed by atoms with Gasteiger partial charge in [-0.2, -0.15) is 0 Å². The smallest absolute Gasteiger partial charge is 0.150 e. The molecule has 1 aliphatic rings. The first-order valence-electron chi connectivity index (χ1n) is 6.89. The number of sulfone groups is 1. The van der Waals surface area contributed by atoms with Gasteiger partial charge in [0, 0.05) is 11.8 Å². The first-order chi connectivity index (χ1) is 9.23. The van der Waals surface area contributed by atoms with E-state index in [2.05, 4.69) is 0 Å². The fourth-order valence-corrected chi connectivity index (χ4v) is 4.31. The molecule has 5 heteroatoms. The highest BCUT2D eigenvalue weighted by atomic mass is 32.2. The van der Waals surface area contributed by atoms with Crippen LogP contribution in [0.25, 0.3) is 0 Å². The molecule has 1 aromatic rings. The van der Waals surface area contributed by atoms with Crippen molar-refractivity contribution in [3.05, 3.63) is 35.6 Å². The quantitative estimate of drug-likeness (QED) is 0.933. The summed E-state index contributed by atoms with van der Waals surface area (Å²) < 4.78 is 37.3. The van der Waals surface area contributed by atoms with Gasteiger partial charge < -0.3 is 5.11 Å². The molecule has 0 heterocycles. The summed E-state index contributed by atoms with van der Waals surface area (Å²) in [6.07, 6.45) is 3.71. The zero-order chi connectivity index (χ0) is 15.0. The lowest BCUT2D eigenvalue weighted by Crippen LogP contribution is -2.39. The lowest BCUT2D eigenvalue weighted by Gasteiger charge is -2.38. The fourth-order valence-electron chi connectivity index (χ4n) is 3.14. The highest BCUT2D eigenvalue weighted by Gasteiger charge is 2.40. The molecular formula is C15H21FO3S. The normalized spacial score (nSPS) is 27.0. The standard InChI is InChI=1S/C15H21FO3S/c1-15(17,13-8-3-4-9-14(13)16)11-6-5-7-12(10-11)20(2,18)19/h3-4,8-9,11-12,17H,5-7,10H2,1-2H3. The molecule has 2 rings (SSSR count). The third kappa shape index (κ3) is 3.04. The summed E-state index contributed by atoms with van der Waals surface area (Å²) in [5.41, 5.74) is -1.09. The summed E-state index contributed by atoms with van der Waals surface area (Å²) in [5, 5.41) is 10.3. The van der Waals surface area contributed by atoms with E-state index in [9.17, 15) is 17.9 Å². The van der Waals surface area contributed by atoms with Crippen molar-refractivity contribution in [3.63, 3.8) is 0 Å². The van der Waals surface area contributed by atoms with Gasteiger partial charge in [0.05, 0.1) is 10.9 Å². The molecular weight excluding hydrogens is 279 g/mol. The molecule has 1 N–H and O–H groups in total. The zero-order valence-electron chi connectivity index (χ0n) is 11.8. The third-order valence-corrected chi connectivity index (χ3v) is 6.08. The van der Waals surface area contributed by atoms with Crippen LogP contribution in [-0.2, 0) is 15.4 Å². The molecule has 0 spiro atoms. The molecule has 1 fully saturated rings. The molecule has 3 unspecified atom stereocenters. The Balaban J connectivity index is 2.28. The predicted octanol–water partition coefficient (Wildman–Crippen LogP) is 2.64. The van der Waals surface area contributed by atoms with Gasteiger partial charge in [0.15, 0.2) is 0 Å². The van der Waals surface area contributed by atoms with E-state index in [-0.39, 0.29) is 11.5 Å². The SMILES string of the molecule is CC(O)(c1ccccc1F)C1CCCC(S(C)(=O)=O)C1. The van der Waals surface area contributed by atoms with E-state index in [1.165, 1.54) is 12.3 Å². The second-order valence-electron chi connectivity index (χ2n) is 5.94. The third-order valence-electron chi connectivity index (χ3n) is 4.45. The first-order valence-corrected chi connectivity index (χ1v) is 8.84. The molecule has 0 amide bonds. The molecule has 0 aromatic heterocycles. The minimum absolute atomic E-state index is 0.243. The van der Waals surface area contributed by atoms with Crippen molar-refractivity contribution in [3.8, 4) is 0 Å². The van der Waals surface area contributed by atoms with Gasteiger partial charge in [0.2, 0.25) is 0 Å². The Morgan fingerprint density at radius 1 is 1.30 bits per heavy atom. The second-order valence-corrected chi connectivity index (χ2v) is 8.27. The highest BCUT2D eigenvalue weighted by molar-refractivity contribution is 7.91. The number of benzene rings is 1. The van der Waals surface area contributed by atoms with Crippen LogP contribution in [0.5, 0.6) is 0 Å². The molecule has 112 valence electrons. The van der Waals surface area contributed by atoms with Crippen LogP contribution in [0.2, 0.25) is 0 Å². The average Bonchev–Trinajstić information content (AvgIpc) is 2.38. The summed E-state index contributed by atoms with van der Waals surface area (Å²) in [6, 6.07) is 6.15. The second kappa shape index (κ2) is 5.45. The molecule has 0 aliphatic heterocycles. The van der Waals surface area contributed by atoms with Crippen LogP contribution in [0.1, 0.15) is 38.2 Å². The number of halogens is 1. The molecule has 3 atom stereocenters. The fraction of sp³-hybridized carbons (Fsp3) is 0.600. The summed E-state index contributed by atoms with van der Waals surface area (Å²) in [4.78, 5) is 0. The van der Waals surface area contributed by atoms with Gasteiger partial charge in [-0.25, -0.2) is 12.8 Å². The molecule has 0 saturated heterocycles. The maximum absolute atomic E-state index is 13.9. The van der Waals surface area contributed by atoms with Gasteiger partial charge in [-0.3, -0.25) is 0 Å². The molecule has 0 bridgehead atoms. The lowest BCUT2D eigenvalue weighted by atomic mass is 9.74. The summed E-state index contributed by atoms with van der Waals surface area (Å²) >= 11 is 0. The summed E-state index contributed by atoms with van der Waals surface area (Å²) in [6.45, 7) is 1.58. The Morgan fingerprint density at radius 2 is 1.95 bits per heavy atom. The van der Waals surface area contributed by atoms with Gasteiger partial charge in [-0.15, -0.1) is 0 Å². The molecule has 3 nitrogen and oxygen atoms in total. The molecule has 20 heavy (non-hydrogen) atoms. The van der Waals surface area contributed by atoms with Gasteiger partial charge in [-0.1, -0.05) is 24.6 Å². The van der Waals surface area contributed by atoms with Crippen molar-refractivity contribution < 1.29 is 17.9 Å². The molecule has 1 aliphatic carbocycles. The largest absolute Gasteiger partial charge is 0.385 e. The van der Waals surface area contributed by atoms with E-state index in [0.717, 1.165) is 6.42 Å². The molecule has 1 aromatic carbocycles. The van der Waals surface area contributed by atoms with Crippen LogP contribution >= 0.6 is 0 Å². The molecule has 0 radical (unpaired) electrons. The van der Waals surface area contributed by atoms with E-state index in [1.807, 2.05) is 0 Å². The number of aliphatic hydroxyl groups is 1. The first kappa shape index (κ1) is 15.4. The van der Waals surface area contributed by atoms with Crippen molar-refractivity contribution >= 4 is 9.84 Å². The van der Waals surface area contributed by atoms with Crippen LogP contribution in [0.3, 0.4) is 0 Å². The zero-order valence-corrected chi connectivity index (χ0v) is 12.7. The van der Waals surface area contributed by atoms with Gasteiger partial charge >= 0.3 is 0 Å².